The summed E-state index contributed by atoms with van der Waals surface area (Å²) in [5, 5.41) is 5.82. The fourth-order valence-electron chi connectivity index (χ4n) is 3.61. The number of hydrogen-bond acceptors (Lipinski definition) is 5. The fourth-order valence-corrected chi connectivity index (χ4v) is 4.78. The number of thiazole rings is 1. The van der Waals surface area contributed by atoms with Crippen LogP contribution in [0.2, 0.25) is 0 Å². The van der Waals surface area contributed by atoms with Crippen LogP contribution in [0.15, 0.2) is 65.3 Å². The highest BCUT2D eigenvalue weighted by atomic mass is 32.1. The molecule has 0 unspecified atom stereocenters. The van der Waals surface area contributed by atoms with Gasteiger partial charge < -0.3 is 4.42 Å². The second-order valence-corrected chi connectivity index (χ2v) is 8.31. The summed E-state index contributed by atoms with van der Waals surface area (Å²) < 4.78 is 8.73. The molecule has 30 heavy (non-hydrogen) atoms. The van der Waals surface area contributed by atoms with Gasteiger partial charge in [0.05, 0.1) is 16.8 Å². The zero-order valence-corrected chi connectivity index (χ0v) is 17.5. The zero-order chi connectivity index (χ0) is 20.7. The van der Waals surface area contributed by atoms with Crippen LogP contribution >= 0.6 is 11.3 Å². The summed E-state index contributed by atoms with van der Waals surface area (Å²) in [5.74, 6) is 0.107. The fraction of sp³-hybridized carbons (Fsp3) is 0.174. The molecule has 5 aromatic rings. The second-order valence-electron chi connectivity index (χ2n) is 7.30. The summed E-state index contributed by atoms with van der Waals surface area (Å²) in [6, 6.07) is 15.5. The Hall–Kier alpha value is -3.45. The Bertz CT molecular complexity index is 1320. The molecule has 2 aromatic carbocycles. The molecule has 0 bridgehead atoms. The Labute approximate surface area is 177 Å². The number of carbonyl (C=O) groups is 1. The molecule has 0 N–H and O–H groups in total. The summed E-state index contributed by atoms with van der Waals surface area (Å²) in [6.07, 6.45) is 3.62. The third-order valence-corrected chi connectivity index (χ3v) is 6.07. The van der Waals surface area contributed by atoms with Crippen molar-refractivity contribution in [2.75, 3.05) is 11.4 Å². The zero-order valence-electron chi connectivity index (χ0n) is 16.7. The SMILES string of the molecule is Cc1cc(C)c2nc(N(CCn3cccn3)C(=O)c3cc4ccccc4o3)sc2c1. The van der Waals surface area contributed by atoms with Gasteiger partial charge in [0.25, 0.3) is 5.91 Å². The Morgan fingerprint density at radius 3 is 2.83 bits per heavy atom. The molecule has 0 saturated carbocycles. The van der Waals surface area contributed by atoms with Crippen LogP contribution < -0.4 is 4.90 Å². The smallest absolute Gasteiger partial charge is 0.295 e. The largest absolute Gasteiger partial charge is 0.451 e. The van der Waals surface area contributed by atoms with Gasteiger partial charge in [0.15, 0.2) is 10.9 Å². The van der Waals surface area contributed by atoms with E-state index in [1.54, 1.807) is 17.2 Å². The molecular weight excluding hydrogens is 396 g/mol. The Morgan fingerprint density at radius 1 is 1.17 bits per heavy atom. The van der Waals surface area contributed by atoms with Crippen LogP contribution in [0, 0.1) is 13.8 Å². The molecule has 6 nitrogen and oxygen atoms in total. The lowest BCUT2D eigenvalue weighted by molar-refractivity contribution is 0.0961. The Kier molecular flexibility index (Phi) is 4.59. The Morgan fingerprint density at radius 2 is 2.03 bits per heavy atom. The first-order chi connectivity index (χ1) is 14.6. The molecule has 0 spiro atoms. The summed E-state index contributed by atoms with van der Waals surface area (Å²) in [7, 11) is 0. The van der Waals surface area contributed by atoms with Gasteiger partial charge in [-0.25, -0.2) is 4.98 Å². The normalized spacial score (nSPS) is 11.4. The maximum Gasteiger partial charge on any atom is 0.295 e. The molecule has 1 amide bonds. The molecule has 0 aliphatic carbocycles. The highest BCUT2D eigenvalue weighted by molar-refractivity contribution is 7.22. The van der Waals surface area contributed by atoms with Crippen LogP contribution in [-0.4, -0.2) is 27.2 Å². The van der Waals surface area contributed by atoms with Crippen LogP contribution in [0.4, 0.5) is 5.13 Å². The van der Waals surface area contributed by atoms with Gasteiger partial charge in [-0.15, -0.1) is 0 Å². The Balaban J connectivity index is 1.55. The summed E-state index contributed by atoms with van der Waals surface area (Å²) in [4.78, 5) is 20.0. The van der Waals surface area contributed by atoms with Crippen LogP contribution in [0.5, 0.6) is 0 Å². The highest BCUT2D eigenvalue weighted by Gasteiger charge is 2.25. The molecule has 150 valence electrons. The van der Waals surface area contributed by atoms with Gasteiger partial charge in [0, 0.05) is 24.3 Å². The molecule has 0 aliphatic rings. The van der Waals surface area contributed by atoms with E-state index in [1.807, 2.05) is 48.1 Å². The van der Waals surface area contributed by atoms with Crippen molar-refractivity contribution in [2.45, 2.75) is 20.4 Å². The molecule has 0 fully saturated rings. The van der Waals surface area contributed by atoms with E-state index in [0.29, 0.717) is 29.6 Å². The lowest BCUT2D eigenvalue weighted by Gasteiger charge is -2.18. The lowest BCUT2D eigenvalue weighted by Crippen LogP contribution is -2.33. The number of furan rings is 1. The summed E-state index contributed by atoms with van der Waals surface area (Å²) in [6.45, 7) is 5.12. The van der Waals surface area contributed by atoms with Gasteiger partial charge in [-0.2, -0.15) is 5.10 Å². The monoisotopic (exact) mass is 416 g/mol. The van der Waals surface area contributed by atoms with Crippen molar-refractivity contribution in [3.8, 4) is 0 Å². The van der Waals surface area contributed by atoms with Crippen molar-refractivity contribution in [2.24, 2.45) is 0 Å². The number of anilines is 1. The standard InChI is InChI=1S/C23H20N4O2S/c1-15-12-16(2)21-20(13-15)30-23(25-21)27(11-10-26-9-5-8-24-26)22(28)19-14-17-6-3-4-7-18(17)29-19/h3-9,12-14H,10-11H2,1-2H3. The first kappa shape index (κ1) is 18.6. The number of carbonyl (C=O) groups excluding carboxylic acids is 1. The van der Waals surface area contributed by atoms with Crippen molar-refractivity contribution in [1.82, 2.24) is 14.8 Å². The predicted molar refractivity (Wildman–Crippen MR) is 119 cm³/mol. The summed E-state index contributed by atoms with van der Waals surface area (Å²) in [5.41, 5.74) is 3.92. The molecule has 5 rings (SSSR count). The van der Waals surface area contributed by atoms with E-state index in [4.69, 9.17) is 9.40 Å². The van der Waals surface area contributed by atoms with Gasteiger partial charge in [0.1, 0.15) is 5.58 Å². The molecule has 0 radical (unpaired) electrons. The average molecular weight is 417 g/mol. The van der Waals surface area contributed by atoms with E-state index in [-0.39, 0.29) is 5.91 Å². The van der Waals surface area contributed by atoms with Crippen LogP contribution in [0.25, 0.3) is 21.2 Å². The number of amides is 1. The molecule has 0 saturated heterocycles. The van der Waals surface area contributed by atoms with E-state index in [2.05, 4.69) is 24.2 Å². The third kappa shape index (κ3) is 3.37. The van der Waals surface area contributed by atoms with Crippen molar-refractivity contribution in [3.63, 3.8) is 0 Å². The minimum atomic E-state index is -0.202. The van der Waals surface area contributed by atoms with Crippen LogP contribution in [-0.2, 0) is 6.54 Å². The number of aromatic nitrogens is 3. The molecular formula is C23H20N4O2S. The summed E-state index contributed by atoms with van der Waals surface area (Å²) >= 11 is 1.52. The van der Waals surface area contributed by atoms with Crippen molar-refractivity contribution in [3.05, 3.63) is 77.8 Å². The number of fused-ring (bicyclic) bond motifs is 2. The molecule has 0 aliphatic heterocycles. The predicted octanol–water partition coefficient (Wildman–Crippen LogP) is 5.20. The number of hydrogen-bond donors (Lipinski definition) is 0. The quantitative estimate of drug-likeness (QED) is 0.395. The van der Waals surface area contributed by atoms with Gasteiger partial charge in [0.2, 0.25) is 0 Å². The van der Waals surface area contributed by atoms with Gasteiger partial charge in [-0.1, -0.05) is 35.6 Å². The number of benzene rings is 2. The topological polar surface area (TPSA) is 64.2 Å². The third-order valence-electron chi connectivity index (χ3n) is 5.04. The van der Waals surface area contributed by atoms with Crippen molar-refractivity contribution in [1.29, 1.82) is 0 Å². The van der Waals surface area contributed by atoms with E-state index in [0.717, 1.165) is 21.2 Å². The van der Waals surface area contributed by atoms with Gasteiger partial charge in [-0.3, -0.25) is 14.4 Å². The van der Waals surface area contributed by atoms with Gasteiger partial charge in [-0.05, 0) is 49.2 Å². The molecule has 3 aromatic heterocycles. The van der Waals surface area contributed by atoms with E-state index in [1.165, 1.54) is 16.9 Å². The molecule has 3 heterocycles. The van der Waals surface area contributed by atoms with Crippen molar-refractivity contribution < 1.29 is 9.21 Å². The van der Waals surface area contributed by atoms with Crippen molar-refractivity contribution >= 4 is 43.6 Å². The number of nitrogens with zero attached hydrogens (tertiary/aromatic N) is 4. The number of para-hydroxylation sites is 1. The lowest BCUT2D eigenvalue weighted by atomic mass is 10.1. The first-order valence-electron chi connectivity index (χ1n) is 9.74. The van der Waals surface area contributed by atoms with E-state index in [9.17, 15) is 4.79 Å². The first-order valence-corrected chi connectivity index (χ1v) is 10.6. The second kappa shape index (κ2) is 7.42. The number of rotatable bonds is 5. The molecule has 7 heteroatoms. The highest BCUT2D eigenvalue weighted by Crippen LogP contribution is 2.33. The molecule has 0 atom stereocenters. The minimum absolute atomic E-state index is 0.202. The minimum Gasteiger partial charge on any atom is -0.451 e. The maximum absolute atomic E-state index is 13.5. The van der Waals surface area contributed by atoms with Gasteiger partial charge >= 0.3 is 0 Å². The van der Waals surface area contributed by atoms with E-state index >= 15 is 0 Å². The van der Waals surface area contributed by atoms with Crippen LogP contribution in [0.1, 0.15) is 21.7 Å². The average Bonchev–Trinajstić information content (AvgIpc) is 3.47. The van der Waals surface area contributed by atoms with E-state index < -0.39 is 0 Å². The maximum atomic E-state index is 13.5. The van der Waals surface area contributed by atoms with Crippen LogP contribution in [0.3, 0.4) is 0 Å². The number of aryl methyl sites for hydroxylation is 2.